The Morgan fingerprint density at radius 3 is 3.14 bits per heavy atom. The summed E-state index contributed by atoms with van der Waals surface area (Å²) in [4.78, 5) is 15.5. The number of carbonyl (C=O) groups is 1. The minimum absolute atomic E-state index is 0.0646. The van der Waals surface area contributed by atoms with Gasteiger partial charge in [-0.15, -0.1) is 11.3 Å². The molecule has 0 spiro atoms. The second-order valence-corrected chi connectivity index (χ2v) is 6.90. The summed E-state index contributed by atoms with van der Waals surface area (Å²) in [6.07, 6.45) is 3.04. The molecule has 5 heteroatoms. The van der Waals surface area contributed by atoms with Crippen molar-refractivity contribution in [2.75, 3.05) is 26.3 Å². The third-order valence-corrected chi connectivity index (χ3v) is 4.55. The summed E-state index contributed by atoms with van der Waals surface area (Å²) in [6.45, 7) is 7.33. The molecule has 0 radical (unpaired) electrons. The van der Waals surface area contributed by atoms with Gasteiger partial charge in [-0.1, -0.05) is 19.9 Å². The molecule has 1 aromatic heterocycles. The third-order valence-electron chi connectivity index (χ3n) is 3.58. The first-order valence-corrected chi connectivity index (χ1v) is 8.72. The largest absolute Gasteiger partial charge is 0.381 e. The number of nitrogens with zero attached hydrogens (tertiary/aromatic N) is 1. The highest BCUT2D eigenvalue weighted by atomic mass is 32.1. The molecular formula is C16H26N2O2S. The van der Waals surface area contributed by atoms with Gasteiger partial charge in [0.15, 0.2) is 0 Å². The quantitative estimate of drug-likeness (QED) is 0.781. The Bertz CT molecular complexity index is 420. The Kier molecular flexibility index (Phi) is 6.51. The van der Waals surface area contributed by atoms with Crippen LogP contribution in [-0.4, -0.2) is 37.2 Å². The number of ether oxygens (including phenoxy) is 1. The van der Waals surface area contributed by atoms with E-state index in [9.17, 15) is 4.79 Å². The number of urea groups is 1. The number of rotatable bonds is 7. The van der Waals surface area contributed by atoms with Crippen LogP contribution in [0.5, 0.6) is 0 Å². The molecule has 118 valence electrons. The number of carbonyl (C=O) groups excluding carboxylic acids is 1. The fraction of sp³-hybridized carbons (Fsp3) is 0.688. The van der Waals surface area contributed by atoms with E-state index >= 15 is 0 Å². The summed E-state index contributed by atoms with van der Waals surface area (Å²) >= 11 is 1.74. The Balaban J connectivity index is 1.68. The number of hydrogen-bond donors (Lipinski definition) is 1. The highest BCUT2D eigenvalue weighted by Gasteiger charge is 2.30. The van der Waals surface area contributed by atoms with E-state index in [-0.39, 0.29) is 12.1 Å². The maximum absolute atomic E-state index is 12.3. The number of nitrogens with one attached hydrogen (secondary N) is 1. The van der Waals surface area contributed by atoms with Gasteiger partial charge in [0.2, 0.25) is 0 Å². The number of likely N-dealkylation sites (tertiary alicyclic amines) is 1. The van der Waals surface area contributed by atoms with Crippen molar-refractivity contribution in [1.82, 2.24) is 10.2 Å². The van der Waals surface area contributed by atoms with E-state index in [1.54, 1.807) is 11.3 Å². The Labute approximate surface area is 131 Å². The molecule has 1 fully saturated rings. The monoisotopic (exact) mass is 310 g/mol. The number of thiophene rings is 1. The van der Waals surface area contributed by atoms with Crippen molar-refractivity contribution in [3.8, 4) is 0 Å². The first kappa shape index (κ1) is 16.3. The van der Waals surface area contributed by atoms with Crippen LogP contribution in [0.25, 0.3) is 0 Å². The summed E-state index contributed by atoms with van der Waals surface area (Å²) in [5.41, 5.74) is 0. The minimum atomic E-state index is 0.0646. The van der Waals surface area contributed by atoms with Crippen molar-refractivity contribution in [1.29, 1.82) is 0 Å². The summed E-state index contributed by atoms with van der Waals surface area (Å²) in [6, 6.07) is 4.51. The fourth-order valence-electron chi connectivity index (χ4n) is 2.58. The Hall–Kier alpha value is -1.07. The molecule has 0 aliphatic carbocycles. The average Bonchev–Trinajstić information content (AvgIpc) is 3.10. The van der Waals surface area contributed by atoms with Crippen molar-refractivity contribution in [2.24, 2.45) is 5.92 Å². The summed E-state index contributed by atoms with van der Waals surface area (Å²) in [5, 5.41) is 5.10. The van der Waals surface area contributed by atoms with Gasteiger partial charge in [-0.2, -0.15) is 0 Å². The zero-order valence-corrected chi connectivity index (χ0v) is 13.8. The maximum atomic E-state index is 12.3. The zero-order chi connectivity index (χ0) is 15.1. The second-order valence-electron chi connectivity index (χ2n) is 5.92. The van der Waals surface area contributed by atoms with E-state index in [2.05, 4.69) is 36.7 Å². The summed E-state index contributed by atoms with van der Waals surface area (Å²) in [5.74, 6) is 0.566. The van der Waals surface area contributed by atoms with E-state index in [1.165, 1.54) is 4.88 Å². The van der Waals surface area contributed by atoms with Crippen LogP contribution < -0.4 is 5.32 Å². The first-order chi connectivity index (χ1) is 10.2. The lowest BCUT2D eigenvalue weighted by Gasteiger charge is -2.24. The smallest absolute Gasteiger partial charge is 0.317 e. The van der Waals surface area contributed by atoms with Crippen LogP contribution in [0.2, 0.25) is 0 Å². The van der Waals surface area contributed by atoms with Crippen LogP contribution in [0.3, 0.4) is 0 Å². The van der Waals surface area contributed by atoms with Crippen molar-refractivity contribution < 1.29 is 9.53 Å². The molecule has 1 aromatic rings. The summed E-state index contributed by atoms with van der Waals surface area (Å²) in [7, 11) is 0. The van der Waals surface area contributed by atoms with Gasteiger partial charge in [0.25, 0.3) is 0 Å². The van der Waals surface area contributed by atoms with Crippen LogP contribution in [0, 0.1) is 5.92 Å². The molecule has 1 saturated heterocycles. The van der Waals surface area contributed by atoms with Crippen molar-refractivity contribution in [2.45, 2.75) is 39.2 Å². The molecule has 4 nitrogen and oxygen atoms in total. The number of amides is 2. The van der Waals surface area contributed by atoms with Gasteiger partial charge >= 0.3 is 6.03 Å². The molecule has 2 rings (SSSR count). The predicted octanol–water partition coefficient (Wildman–Crippen LogP) is 3.66. The molecule has 1 atom stereocenters. The van der Waals surface area contributed by atoms with Gasteiger partial charge in [-0.25, -0.2) is 4.79 Å². The van der Waals surface area contributed by atoms with Gasteiger partial charge in [0.1, 0.15) is 0 Å². The molecule has 2 amide bonds. The molecule has 2 heterocycles. The van der Waals surface area contributed by atoms with E-state index in [0.29, 0.717) is 19.1 Å². The fourth-order valence-corrected chi connectivity index (χ4v) is 3.45. The van der Waals surface area contributed by atoms with Gasteiger partial charge in [0, 0.05) is 31.2 Å². The molecule has 1 N–H and O–H groups in total. The van der Waals surface area contributed by atoms with Crippen LogP contribution in [0.1, 0.15) is 44.0 Å². The predicted molar refractivity (Wildman–Crippen MR) is 86.7 cm³/mol. The molecule has 1 unspecified atom stereocenters. The minimum Gasteiger partial charge on any atom is -0.381 e. The topological polar surface area (TPSA) is 41.6 Å². The van der Waals surface area contributed by atoms with Gasteiger partial charge < -0.3 is 15.0 Å². The van der Waals surface area contributed by atoms with Crippen molar-refractivity contribution >= 4 is 17.4 Å². The Morgan fingerprint density at radius 2 is 2.43 bits per heavy atom. The molecule has 0 aromatic carbocycles. The molecule has 0 bridgehead atoms. The van der Waals surface area contributed by atoms with Crippen LogP contribution >= 0.6 is 11.3 Å². The lowest BCUT2D eigenvalue weighted by Crippen LogP contribution is -2.39. The maximum Gasteiger partial charge on any atom is 0.317 e. The highest BCUT2D eigenvalue weighted by Crippen LogP contribution is 2.34. The average molecular weight is 310 g/mol. The molecule has 21 heavy (non-hydrogen) atoms. The van der Waals surface area contributed by atoms with Crippen LogP contribution in [-0.2, 0) is 4.74 Å². The first-order valence-electron chi connectivity index (χ1n) is 7.84. The normalized spacial score (nSPS) is 18.4. The van der Waals surface area contributed by atoms with Gasteiger partial charge in [0.05, 0.1) is 6.04 Å². The third kappa shape index (κ3) is 5.00. The van der Waals surface area contributed by atoms with Crippen LogP contribution in [0.4, 0.5) is 4.79 Å². The lowest BCUT2D eigenvalue weighted by molar-refractivity contribution is 0.107. The van der Waals surface area contributed by atoms with Crippen LogP contribution in [0.15, 0.2) is 17.5 Å². The zero-order valence-electron chi connectivity index (χ0n) is 13.0. The molecule has 1 aliphatic rings. The molecule has 0 saturated carbocycles. The van der Waals surface area contributed by atoms with Crippen molar-refractivity contribution in [3.05, 3.63) is 22.4 Å². The van der Waals surface area contributed by atoms with E-state index in [1.807, 2.05) is 4.90 Å². The van der Waals surface area contributed by atoms with E-state index < -0.39 is 0 Å². The van der Waals surface area contributed by atoms with Gasteiger partial charge in [-0.05, 0) is 36.6 Å². The second kappa shape index (κ2) is 8.39. The van der Waals surface area contributed by atoms with E-state index in [4.69, 9.17) is 4.74 Å². The summed E-state index contributed by atoms with van der Waals surface area (Å²) < 4.78 is 5.52. The standard InChI is InChI=1S/C16H26N2O2S/c1-13(2)12-20-10-5-8-17-16(19)18-9-3-6-14(18)15-7-4-11-21-15/h4,7,11,13-14H,3,5-6,8-10,12H2,1-2H3,(H,17,19). The van der Waals surface area contributed by atoms with E-state index in [0.717, 1.165) is 32.4 Å². The van der Waals surface area contributed by atoms with Gasteiger partial charge in [-0.3, -0.25) is 0 Å². The number of hydrogen-bond acceptors (Lipinski definition) is 3. The molecular weight excluding hydrogens is 284 g/mol. The SMILES string of the molecule is CC(C)COCCCNC(=O)N1CCCC1c1cccs1. The molecule has 1 aliphatic heterocycles. The van der Waals surface area contributed by atoms with Crippen molar-refractivity contribution in [3.63, 3.8) is 0 Å². The Morgan fingerprint density at radius 1 is 1.57 bits per heavy atom. The highest BCUT2D eigenvalue weighted by molar-refractivity contribution is 7.10. The lowest BCUT2D eigenvalue weighted by atomic mass is 10.2.